The highest BCUT2D eigenvalue weighted by Gasteiger charge is 1.87. The molecule has 0 bridgehead atoms. The minimum Gasteiger partial charge on any atom is -0.403 e. The van der Waals surface area contributed by atoms with Gasteiger partial charge in [-0.2, -0.15) is 0 Å². The van der Waals surface area contributed by atoms with E-state index in [0.29, 0.717) is 0 Å². The first kappa shape index (κ1) is 8.30. The molecule has 0 unspecified atom stereocenters. The van der Waals surface area contributed by atoms with Crippen molar-refractivity contribution in [3.63, 3.8) is 0 Å². The summed E-state index contributed by atoms with van der Waals surface area (Å²) in [7, 11) is 1.86. The van der Waals surface area contributed by atoms with Crippen LogP contribution < -0.4 is 16.4 Å². The van der Waals surface area contributed by atoms with Gasteiger partial charge >= 0.3 is 0 Å². The minimum atomic E-state index is 0.823. The van der Waals surface area contributed by atoms with E-state index in [1.807, 2.05) is 7.05 Å². The van der Waals surface area contributed by atoms with E-state index in [2.05, 4.69) is 17.6 Å². The highest BCUT2D eigenvalue weighted by molar-refractivity contribution is 4.97. The van der Waals surface area contributed by atoms with Crippen molar-refractivity contribution >= 4 is 0 Å². The molecule has 0 atom stereocenters. The monoisotopic (exact) mass is 129 g/mol. The zero-order chi connectivity index (χ0) is 7.11. The maximum absolute atomic E-state index is 5.26. The highest BCUT2D eigenvalue weighted by atomic mass is 14.9. The fraction of sp³-hybridized carbons (Fsp3) is 0.667. The third-order valence-electron chi connectivity index (χ3n) is 1.09. The van der Waals surface area contributed by atoms with E-state index in [1.165, 1.54) is 0 Å². The van der Waals surface area contributed by atoms with Crippen molar-refractivity contribution in [2.75, 3.05) is 20.1 Å². The van der Waals surface area contributed by atoms with Crippen molar-refractivity contribution in [2.24, 2.45) is 5.73 Å². The normalized spacial score (nSPS) is 11.6. The van der Waals surface area contributed by atoms with Gasteiger partial charge in [0.1, 0.15) is 0 Å². The van der Waals surface area contributed by atoms with Gasteiger partial charge in [0.25, 0.3) is 0 Å². The van der Waals surface area contributed by atoms with E-state index in [4.69, 9.17) is 5.73 Å². The predicted molar refractivity (Wildman–Crippen MR) is 39.9 cm³/mol. The van der Waals surface area contributed by atoms with Gasteiger partial charge in [0, 0.05) is 25.5 Å². The number of likely N-dealkylation sites (N-methyl/N-ethyl adjacent to an activating group) is 2. The van der Waals surface area contributed by atoms with Gasteiger partial charge in [-0.3, -0.25) is 0 Å². The molecule has 0 fully saturated rings. The van der Waals surface area contributed by atoms with Gasteiger partial charge in [0.05, 0.1) is 0 Å². The number of nitrogens with one attached hydrogen (secondary N) is 2. The Hall–Kier alpha value is -0.700. The quantitative estimate of drug-likeness (QED) is 0.485. The van der Waals surface area contributed by atoms with E-state index in [0.717, 1.165) is 18.8 Å². The summed E-state index contributed by atoms with van der Waals surface area (Å²) in [5.41, 5.74) is 6.28. The van der Waals surface area contributed by atoms with Crippen molar-refractivity contribution in [2.45, 2.75) is 6.92 Å². The lowest BCUT2D eigenvalue weighted by atomic mass is 10.4. The first-order valence-corrected chi connectivity index (χ1v) is 3.14. The van der Waals surface area contributed by atoms with Crippen LogP contribution in [0.2, 0.25) is 0 Å². The summed E-state index contributed by atoms with van der Waals surface area (Å²) < 4.78 is 0. The molecule has 0 spiro atoms. The molecule has 0 heterocycles. The Morgan fingerprint density at radius 2 is 2.33 bits per heavy atom. The summed E-state index contributed by atoms with van der Waals surface area (Å²) in [5.74, 6) is 0. The molecule has 0 aliphatic heterocycles. The molecule has 0 aromatic carbocycles. The van der Waals surface area contributed by atoms with E-state index in [-0.39, 0.29) is 0 Å². The standard InChI is InChI=1S/C6H15N3/c1-3-9-5-6(4-7)8-2/h4,8-9H,3,5,7H2,1-2H3/b6-4-. The summed E-state index contributed by atoms with van der Waals surface area (Å²) in [6, 6.07) is 0. The third-order valence-corrected chi connectivity index (χ3v) is 1.09. The van der Waals surface area contributed by atoms with Crippen molar-refractivity contribution in [3.8, 4) is 0 Å². The Morgan fingerprint density at radius 3 is 2.67 bits per heavy atom. The average Bonchev–Trinajstić information content (AvgIpc) is 1.91. The Bertz CT molecular complexity index is 88.3. The average molecular weight is 129 g/mol. The Kier molecular flexibility index (Phi) is 5.01. The summed E-state index contributed by atoms with van der Waals surface area (Å²) in [4.78, 5) is 0. The topological polar surface area (TPSA) is 50.1 Å². The van der Waals surface area contributed by atoms with Gasteiger partial charge < -0.3 is 16.4 Å². The lowest BCUT2D eigenvalue weighted by molar-refractivity contribution is 0.738. The van der Waals surface area contributed by atoms with Crippen molar-refractivity contribution < 1.29 is 0 Å². The minimum absolute atomic E-state index is 0.823. The molecule has 0 aromatic heterocycles. The van der Waals surface area contributed by atoms with Gasteiger partial charge in [0.15, 0.2) is 0 Å². The molecule has 0 saturated heterocycles. The summed E-state index contributed by atoms with van der Waals surface area (Å²) in [6.45, 7) is 3.85. The lowest BCUT2D eigenvalue weighted by Crippen LogP contribution is -2.23. The molecule has 54 valence electrons. The summed E-state index contributed by atoms with van der Waals surface area (Å²) in [5, 5.41) is 6.10. The SMILES string of the molecule is CCNC/C(=C/N)NC. The van der Waals surface area contributed by atoms with Crippen LogP contribution in [0.15, 0.2) is 11.9 Å². The third kappa shape index (κ3) is 3.85. The Labute approximate surface area is 56.3 Å². The van der Waals surface area contributed by atoms with Crippen molar-refractivity contribution in [1.82, 2.24) is 10.6 Å². The van der Waals surface area contributed by atoms with Gasteiger partial charge in [-0.05, 0) is 6.54 Å². The molecule has 9 heavy (non-hydrogen) atoms. The fourth-order valence-corrected chi connectivity index (χ4v) is 0.490. The first-order chi connectivity index (χ1) is 4.35. The maximum atomic E-state index is 5.26. The van der Waals surface area contributed by atoms with Gasteiger partial charge in [-0.1, -0.05) is 6.92 Å². The lowest BCUT2D eigenvalue weighted by Gasteiger charge is -2.04. The van der Waals surface area contributed by atoms with Gasteiger partial charge in [-0.15, -0.1) is 0 Å². The molecule has 0 aromatic rings. The highest BCUT2D eigenvalue weighted by Crippen LogP contribution is 1.78. The molecule has 0 rings (SSSR count). The molecule has 0 radical (unpaired) electrons. The largest absolute Gasteiger partial charge is 0.403 e. The second-order valence-corrected chi connectivity index (χ2v) is 1.72. The van der Waals surface area contributed by atoms with Crippen LogP contribution in [0.5, 0.6) is 0 Å². The van der Waals surface area contributed by atoms with Crippen LogP contribution in [0.25, 0.3) is 0 Å². The predicted octanol–water partition coefficient (Wildman–Crippen LogP) is -0.385. The molecule has 4 N–H and O–H groups in total. The van der Waals surface area contributed by atoms with Crippen LogP contribution in [0, 0.1) is 0 Å². The van der Waals surface area contributed by atoms with Crippen molar-refractivity contribution in [3.05, 3.63) is 11.9 Å². The van der Waals surface area contributed by atoms with Crippen LogP contribution in [0.3, 0.4) is 0 Å². The Morgan fingerprint density at radius 1 is 1.67 bits per heavy atom. The van der Waals surface area contributed by atoms with E-state index in [1.54, 1.807) is 6.20 Å². The first-order valence-electron chi connectivity index (χ1n) is 3.14. The smallest absolute Gasteiger partial charge is 0.0402 e. The molecule has 0 saturated carbocycles. The number of nitrogens with two attached hydrogens (primary N) is 1. The molecule has 3 nitrogen and oxygen atoms in total. The van der Waals surface area contributed by atoms with E-state index < -0.39 is 0 Å². The molecule has 0 aliphatic rings. The number of hydrogen-bond donors (Lipinski definition) is 3. The summed E-state index contributed by atoms with van der Waals surface area (Å²) in [6.07, 6.45) is 1.57. The molecule has 0 aliphatic carbocycles. The van der Waals surface area contributed by atoms with E-state index >= 15 is 0 Å². The maximum Gasteiger partial charge on any atom is 0.0402 e. The second kappa shape index (κ2) is 5.44. The van der Waals surface area contributed by atoms with Crippen LogP contribution in [0.1, 0.15) is 6.92 Å². The molecule has 0 amide bonds. The second-order valence-electron chi connectivity index (χ2n) is 1.72. The van der Waals surface area contributed by atoms with Gasteiger partial charge in [0.2, 0.25) is 0 Å². The Balaban J connectivity index is 3.33. The number of hydrogen-bond acceptors (Lipinski definition) is 3. The van der Waals surface area contributed by atoms with Crippen LogP contribution in [-0.2, 0) is 0 Å². The fourth-order valence-electron chi connectivity index (χ4n) is 0.490. The summed E-state index contributed by atoms with van der Waals surface area (Å²) >= 11 is 0. The number of rotatable bonds is 4. The zero-order valence-corrected chi connectivity index (χ0v) is 6.07. The zero-order valence-electron chi connectivity index (χ0n) is 6.07. The van der Waals surface area contributed by atoms with Crippen LogP contribution in [0.4, 0.5) is 0 Å². The van der Waals surface area contributed by atoms with Gasteiger partial charge in [-0.25, -0.2) is 0 Å². The molecular formula is C6H15N3. The van der Waals surface area contributed by atoms with E-state index in [9.17, 15) is 0 Å². The van der Waals surface area contributed by atoms with Crippen molar-refractivity contribution in [1.29, 1.82) is 0 Å². The van der Waals surface area contributed by atoms with Crippen LogP contribution >= 0.6 is 0 Å². The molecular weight excluding hydrogens is 114 g/mol. The molecule has 3 heteroatoms. The van der Waals surface area contributed by atoms with Crippen LogP contribution in [-0.4, -0.2) is 20.1 Å².